The Bertz CT molecular complexity index is 783. The number of hydrogen-bond acceptors (Lipinski definition) is 5. The number of benzene rings is 1. The molecule has 3 rings (SSSR count). The van der Waals surface area contributed by atoms with Gasteiger partial charge in [-0.1, -0.05) is 12.6 Å². The van der Waals surface area contributed by atoms with Crippen molar-refractivity contribution in [3.63, 3.8) is 0 Å². The molecule has 0 spiro atoms. The number of nitriles is 1. The van der Waals surface area contributed by atoms with E-state index in [9.17, 15) is 14.4 Å². The van der Waals surface area contributed by atoms with Crippen LogP contribution in [-0.4, -0.2) is 36.3 Å². The lowest BCUT2D eigenvalue weighted by atomic mass is 9.97. The van der Waals surface area contributed by atoms with Crippen molar-refractivity contribution < 1.29 is 19.1 Å². The maximum absolute atomic E-state index is 14.4. The Balaban J connectivity index is 1.73. The maximum Gasteiger partial charge on any atom is 0.414 e. The number of halogens is 1. The van der Waals surface area contributed by atoms with E-state index < -0.39 is 23.4 Å². The first-order valence-corrected chi connectivity index (χ1v) is 7.79. The zero-order valence-corrected chi connectivity index (χ0v) is 13.4. The number of nitrogens with zero attached hydrogens (tertiary/aromatic N) is 3. The van der Waals surface area contributed by atoms with E-state index in [2.05, 4.69) is 17.6 Å². The standard InChI is InChI=1S/C17H17FN4O3/c1-2-15(21-24)20-8-12-9-22(16(23)25-12)11-3-4-13(14(18)7-11)17(10-19)5-6-17/h2-4,7,12,24H,1,5-6,8-9H2,(H,20,21). The molecule has 1 atom stereocenters. The average molecular weight is 344 g/mol. The molecule has 2 aliphatic rings. The molecule has 1 saturated carbocycles. The maximum atomic E-state index is 14.4. The Morgan fingerprint density at radius 2 is 2.40 bits per heavy atom. The third-order valence-corrected chi connectivity index (χ3v) is 4.39. The van der Waals surface area contributed by atoms with E-state index in [1.807, 2.05) is 5.48 Å². The number of aliphatic imine (C=N–C) groups is 1. The monoisotopic (exact) mass is 344 g/mol. The largest absolute Gasteiger partial charge is 0.442 e. The number of nitrogens with one attached hydrogen (secondary N) is 1. The molecule has 2 fully saturated rings. The van der Waals surface area contributed by atoms with E-state index in [1.165, 1.54) is 17.0 Å². The summed E-state index contributed by atoms with van der Waals surface area (Å²) in [6.07, 6.45) is 1.51. The molecule has 1 aliphatic heterocycles. The van der Waals surface area contributed by atoms with Gasteiger partial charge in [0.25, 0.3) is 0 Å². The van der Waals surface area contributed by atoms with Crippen LogP contribution in [0.4, 0.5) is 14.9 Å². The Morgan fingerprint density at radius 3 is 2.96 bits per heavy atom. The summed E-state index contributed by atoms with van der Waals surface area (Å²) in [5.74, 6) is -0.333. The summed E-state index contributed by atoms with van der Waals surface area (Å²) in [5.41, 5.74) is 1.90. The molecular formula is C17H17FN4O3. The molecule has 1 amide bonds. The van der Waals surface area contributed by atoms with E-state index in [0.717, 1.165) is 0 Å². The molecular weight excluding hydrogens is 327 g/mol. The van der Waals surface area contributed by atoms with E-state index in [1.54, 1.807) is 12.1 Å². The fourth-order valence-corrected chi connectivity index (χ4v) is 2.80. The van der Waals surface area contributed by atoms with Crippen LogP contribution in [0.15, 0.2) is 35.8 Å². The molecule has 1 heterocycles. The number of amides is 1. The van der Waals surface area contributed by atoms with Gasteiger partial charge in [-0.2, -0.15) is 5.26 Å². The van der Waals surface area contributed by atoms with Gasteiger partial charge >= 0.3 is 6.09 Å². The highest BCUT2D eigenvalue weighted by molar-refractivity contribution is 5.92. The first-order chi connectivity index (χ1) is 12.0. The van der Waals surface area contributed by atoms with Gasteiger partial charge in [-0.25, -0.2) is 9.18 Å². The third-order valence-electron chi connectivity index (χ3n) is 4.39. The summed E-state index contributed by atoms with van der Waals surface area (Å²) in [5, 5.41) is 18.0. The molecule has 1 aromatic rings. The van der Waals surface area contributed by atoms with Crippen LogP contribution in [0, 0.1) is 17.1 Å². The van der Waals surface area contributed by atoms with Crippen molar-refractivity contribution in [1.29, 1.82) is 5.26 Å². The van der Waals surface area contributed by atoms with Gasteiger partial charge in [-0.3, -0.25) is 20.6 Å². The van der Waals surface area contributed by atoms with Crippen LogP contribution < -0.4 is 10.4 Å². The molecule has 8 heteroatoms. The number of hydroxylamine groups is 1. The lowest BCUT2D eigenvalue weighted by Gasteiger charge is -2.15. The van der Waals surface area contributed by atoms with Gasteiger partial charge in [0, 0.05) is 5.56 Å². The SMILES string of the molecule is C=CC(=NCC1CN(c2ccc(C3(C#N)CC3)c(F)c2)C(=O)O1)NO. The lowest BCUT2D eigenvalue weighted by molar-refractivity contribution is 0.145. The van der Waals surface area contributed by atoms with Crippen molar-refractivity contribution in [1.82, 2.24) is 5.48 Å². The number of carbonyl (C=O) groups is 1. The number of cyclic esters (lactones) is 1. The predicted octanol–water partition coefficient (Wildman–Crippen LogP) is 2.27. The number of rotatable bonds is 5. The minimum absolute atomic E-state index is 0.134. The van der Waals surface area contributed by atoms with Crippen molar-refractivity contribution in [3.8, 4) is 6.07 Å². The summed E-state index contributed by atoms with van der Waals surface area (Å²) < 4.78 is 19.6. The summed E-state index contributed by atoms with van der Waals surface area (Å²) >= 11 is 0. The molecule has 1 aromatic carbocycles. The van der Waals surface area contributed by atoms with Gasteiger partial charge in [0.05, 0.1) is 30.3 Å². The van der Waals surface area contributed by atoms with Crippen LogP contribution in [0.5, 0.6) is 0 Å². The molecule has 25 heavy (non-hydrogen) atoms. The van der Waals surface area contributed by atoms with Gasteiger partial charge in [0.1, 0.15) is 17.8 Å². The van der Waals surface area contributed by atoms with Gasteiger partial charge in [-0.05, 0) is 31.1 Å². The van der Waals surface area contributed by atoms with Gasteiger partial charge in [0.2, 0.25) is 0 Å². The highest BCUT2D eigenvalue weighted by atomic mass is 19.1. The zero-order valence-electron chi connectivity index (χ0n) is 13.4. The molecule has 1 saturated heterocycles. The van der Waals surface area contributed by atoms with E-state index in [4.69, 9.17) is 9.94 Å². The van der Waals surface area contributed by atoms with Crippen molar-refractivity contribution >= 4 is 17.6 Å². The molecule has 1 aliphatic carbocycles. The first-order valence-electron chi connectivity index (χ1n) is 7.79. The van der Waals surface area contributed by atoms with Crippen LogP contribution in [0.25, 0.3) is 0 Å². The molecule has 1 unspecified atom stereocenters. The second-order valence-corrected chi connectivity index (χ2v) is 6.02. The number of ether oxygens (including phenoxy) is 1. The van der Waals surface area contributed by atoms with Crippen molar-refractivity contribution in [3.05, 3.63) is 42.2 Å². The van der Waals surface area contributed by atoms with E-state index in [-0.39, 0.29) is 18.9 Å². The Hall–Kier alpha value is -2.92. The van der Waals surface area contributed by atoms with Crippen LogP contribution in [0.1, 0.15) is 18.4 Å². The summed E-state index contributed by atoms with van der Waals surface area (Å²) in [7, 11) is 0. The Kier molecular flexibility index (Phi) is 4.42. The smallest absolute Gasteiger partial charge is 0.414 e. The number of amidine groups is 1. The lowest BCUT2D eigenvalue weighted by Crippen LogP contribution is -2.26. The minimum atomic E-state index is -0.718. The zero-order chi connectivity index (χ0) is 18.0. The number of carbonyl (C=O) groups excluding carboxylic acids is 1. The van der Waals surface area contributed by atoms with Crippen LogP contribution in [-0.2, 0) is 10.2 Å². The summed E-state index contributed by atoms with van der Waals surface area (Å²) in [6.45, 7) is 3.81. The fraction of sp³-hybridized carbons (Fsp3) is 0.353. The van der Waals surface area contributed by atoms with Crippen LogP contribution >= 0.6 is 0 Å². The van der Waals surface area contributed by atoms with E-state index >= 15 is 0 Å². The molecule has 0 bridgehead atoms. The Labute approximate surface area is 144 Å². The molecule has 7 nitrogen and oxygen atoms in total. The topological polar surface area (TPSA) is 98.0 Å². The quantitative estimate of drug-likeness (QED) is 0.485. The molecule has 0 radical (unpaired) electrons. The average Bonchev–Trinajstić information content (AvgIpc) is 3.32. The van der Waals surface area contributed by atoms with Crippen LogP contribution in [0.3, 0.4) is 0 Å². The third kappa shape index (κ3) is 3.19. The predicted molar refractivity (Wildman–Crippen MR) is 88.0 cm³/mol. The second-order valence-electron chi connectivity index (χ2n) is 6.02. The van der Waals surface area contributed by atoms with Gasteiger partial charge in [0.15, 0.2) is 0 Å². The highest BCUT2D eigenvalue weighted by Gasteiger charge is 2.47. The van der Waals surface area contributed by atoms with E-state index in [0.29, 0.717) is 24.1 Å². The molecule has 0 aromatic heterocycles. The summed E-state index contributed by atoms with van der Waals surface area (Å²) in [4.78, 5) is 17.4. The number of hydrogen-bond donors (Lipinski definition) is 2. The van der Waals surface area contributed by atoms with Crippen molar-refractivity contribution in [2.24, 2.45) is 4.99 Å². The number of anilines is 1. The highest BCUT2D eigenvalue weighted by Crippen LogP contribution is 2.48. The van der Waals surface area contributed by atoms with Crippen LogP contribution in [0.2, 0.25) is 0 Å². The molecule has 130 valence electrons. The first kappa shape index (κ1) is 16.9. The van der Waals surface area contributed by atoms with Gasteiger partial charge < -0.3 is 4.74 Å². The van der Waals surface area contributed by atoms with Crippen molar-refractivity contribution in [2.75, 3.05) is 18.0 Å². The second kappa shape index (κ2) is 6.53. The molecule has 2 N–H and O–H groups in total. The normalized spacial score (nSPS) is 21.5. The summed E-state index contributed by atoms with van der Waals surface area (Å²) in [6, 6.07) is 6.59. The fourth-order valence-electron chi connectivity index (χ4n) is 2.80. The minimum Gasteiger partial charge on any atom is -0.442 e. The van der Waals surface area contributed by atoms with Gasteiger partial charge in [-0.15, -0.1) is 0 Å². The van der Waals surface area contributed by atoms with Crippen molar-refractivity contribution in [2.45, 2.75) is 24.4 Å². The Morgan fingerprint density at radius 1 is 1.64 bits per heavy atom.